The molecule has 0 aliphatic carbocycles. The number of anilines is 1. The fourth-order valence-electron chi connectivity index (χ4n) is 2.30. The standard InChI is InChI=1S/C18H18F4N2O3/c1-2-27-16-8-7-11(18(20,21)22)9-14(16)24-17(26)23-10-15(25)12-5-3-4-6-13(12)19/h3-9,15,25H,2,10H2,1H3,(H2,23,24,26). The van der Waals surface area contributed by atoms with Gasteiger partial charge in [0, 0.05) is 12.1 Å². The minimum atomic E-state index is -4.58. The van der Waals surface area contributed by atoms with Gasteiger partial charge >= 0.3 is 12.2 Å². The number of carbonyl (C=O) groups excluding carboxylic acids is 1. The predicted octanol–water partition coefficient (Wildman–Crippen LogP) is 4.10. The molecule has 0 radical (unpaired) electrons. The van der Waals surface area contributed by atoms with Gasteiger partial charge in [-0.25, -0.2) is 9.18 Å². The first-order chi connectivity index (χ1) is 12.7. The minimum Gasteiger partial charge on any atom is -0.492 e. The summed E-state index contributed by atoms with van der Waals surface area (Å²) in [6.07, 6.45) is -5.90. The van der Waals surface area contributed by atoms with E-state index >= 15 is 0 Å². The highest BCUT2D eigenvalue weighted by molar-refractivity contribution is 5.91. The highest BCUT2D eigenvalue weighted by Gasteiger charge is 2.31. The summed E-state index contributed by atoms with van der Waals surface area (Å²) in [5.41, 5.74) is -1.14. The zero-order valence-electron chi connectivity index (χ0n) is 14.3. The average Bonchev–Trinajstić information content (AvgIpc) is 2.61. The van der Waals surface area contributed by atoms with Crippen molar-refractivity contribution in [3.63, 3.8) is 0 Å². The van der Waals surface area contributed by atoms with Gasteiger partial charge in [-0.1, -0.05) is 18.2 Å². The van der Waals surface area contributed by atoms with E-state index < -0.39 is 29.7 Å². The van der Waals surface area contributed by atoms with E-state index in [0.29, 0.717) is 0 Å². The van der Waals surface area contributed by atoms with Crippen molar-refractivity contribution < 1.29 is 32.2 Å². The molecule has 0 saturated heterocycles. The lowest BCUT2D eigenvalue weighted by molar-refractivity contribution is -0.137. The van der Waals surface area contributed by atoms with Crippen molar-refractivity contribution in [3.05, 3.63) is 59.4 Å². The molecule has 1 unspecified atom stereocenters. The minimum absolute atomic E-state index is 0.00752. The summed E-state index contributed by atoms with van der Waals surface area (Å²) in [4.78, 5) is 12.0. The molecular weight excluding hydrogens is 368 g/mol. The number of amides is 2. The summed E-state index contributed by atoms with van der Waals surface area (Å²) in [7, 11) is 0. The van der Waals surface area contributed by atoms with Gasteiger partial charge in [0.15, 0.2) is 0 Å². The van der Waals surface area contributed by atoms with Gasteiger partial charge in [-0.3, -0.25) is 0 Å². The number of alkyl halides is 3. The molecule has 0 aromatic heterocycles. The molecule has 146 valence electrons. The van der Waals surface area contributed by atoms with Gasteiger partial charge in [0.1, 0.15) is 11.6 Å². The van der Waals surface area contributed by atoms with Gasteiger partial charge in [0.25, 0.3) is 0 Å². The Kier molecular flexibility index (Phi) is 6.62. The first-order valence-electron chi connectivity index (χ1n) is 8.03. The number of hydrogen-bond acceptors (Lipinski definition) is 3. The third-order valence-electron chi connectivity index (χ3n) is 3.58. The second-order valence-electron chi connectivity index (χ2n) is 5.51. The van der Waals surface area contributed by atoms with Crippen molar-refractivity contribution in [2.24, 2.45) is 0 Å². The van der Waals surface area contributed by atoms with Crippen LogP contribution in [0.4, 0.5) is 28.0 Å². The van der Waals surface area contributed by atoms with Crippen molar-refractivity contribution in [2.75, 3.05) is 18.5 Å². The van der Waals surface area contributed by atoms with E-state index in [4.69, 9.17) is 4.74 Å². The molecule has 2 aromatic carbocycles. The molecule has 2 rings (SSSR count). The fourth-order valence-corrected chi connectivity index (χ4v) is 2.30. The largest absolute Gasteiger partial charge is 0.492 e. The normalized spacial score (nSPS) is 12.4. The Labute approximate surface area is 153 Å². The Morgan fingerprint density at radius 2 is 1.93 bits per heavy atom. The van der Waals surface area contributed by atoms with Crippen LogP contribution in [0.25, 0.3) is 0 Å². The van der Waals surface area contributed by atoms with E-state index in [2.05, 4.69) is 10.6 Å². The van der Waals surface area contributed by atoms with Gasteiger partial charge in [0.05, 0.1) is 24.0 Å². The molecule has 2 amide bonds. The van der Waals surface area contributed by atoms with Crippen LogP contribution in [0.5, 0.6) is 5.75 Å². The van der Waals surface area contributed by atoms with Gasteiger partial charge < -0.3 is 20.5 Å². The summed E-state index contributed by atoms with van der Waals surface area (Å²) in [6.45, 7) is 1.50. The van der Waals surface area contributed by atoms with Crippen LogP contribution in [0, 0.1) is 5.82 Å². The summed E-state index contributed by atoms with van der Waals surface area (Å²) in [5.74, 6) is -0.570. The molecule has 2 aromatic rings. The van der Waals surface area contributed by atoms with E-state index in [1.807, 2.05) is 0 Å². The van der Waals surface area contributed by atoms with Crippen molar-refractivity contribution in [1.82, 2.24) is 5.32 Å². The van der Waals surface area contributed by atoms with E-state index in [0.717, 1.165) is 24.3 Å². The molecule has 0 fully saturated rings. The highest BCUT2D eigenvalue weighted by atomic mass is 19.4. The van der Waals surface area contributed by atoms with Gasteiger partial charge in [0.2, 0.25) is 0 Å². The monoisotopic (exact) mass is 386 g/mol. The Hall–Kier alpha value is -2.81. The third-order valence-corrected chi connectivity index (χ3v) is 3.58. The first kappa shape index (κ1) is 20.5. The van der Waals surface area contributed by atoms with E-state index in [1.54, 1.807) is 6.92 Å². The second kappa shape index (κ2) is 8.72. The molecular formula is C18H18F4N2O3. The van der Waals surface area contributed by atoms with Crippen LogP contribution < -0.4 is 15.4 Å². The number of aliphatic hydroxyl groups excluding tert-OH is 1. The van der Waals surface area contributed by atoms with Gasteiger partial charge in [-0.15, -0.1) is 0 Å². The molecule has 9 heteroatoms. The van der Waals surface area contributed by atoms with Crippen LogP contribution in [-0.4, -0.2) is 24.3 Å². The molecule has 0 spiro atoms. The topological polar surface area (TPSA) is 70.6 Å². The first-order valence-corrected chi connectivity index (χ1v) is 8.03. The zero-order valence-corrected chi connectivity index (χ0v) is 14.3. The molecule has 1 atom stereocenters. The number of carbonyl (C=O) groups is 1. The molecule has 5 nitrogen and oxygen atoms in total. The van der Waals surface area contributed by atoms with Crippen molar-refractivity contribution in [2.45, 2.75) is 19.2 Å². The van der Waals surface area contributed by atoms with Crippen molar-refractivity contribution in [1.29, 1.82) is 0 Å². The number of benzene rings is 2. The maximum atomic E-state index is 13.6. The van der Waals surface area contributed by atoms with Crippen LogP contribution in [0.3, 0.4) is 0 Å². The molecule has 0 aliphatic rings. The number of halogens is 4. The smallest absolute Gasteiger partial charge is 0.416 e. The number of ether oxygens (including phenoxy) is 1. The zero-order chi connectivity index (χ0) is 20.0. The second-order valence-corrected chi connectivity index (χ2v) is 5.51. The number of urea groups is 1. The van der Waals surface area contributed by atoms with E-state index in [9.17, 15) is 27.5 Å². The van der Waals surface area contributed by atoms with E-state index in [1.165, 1.54) is 18.2 Å². The third kappa shape index (κ3) is 5.58. The Balaban J connectivity index is 2.07. The quantitative estimate of drug-likeness (QED) is 0.655. The number of rotatable bonds is 6. The van der Waals surface area contributed by atoms with Crippen LogP contribution in [-0.2, 0) is 6.18 Å². The Bertz CT molecular complexity index is 796. The maximum absolute atomic E-state index is 13.6. The summed E-state index contributed by atoms with van der Waals surface area (Å²) >= 11 is 0. The molecule has 3 N–H and O–H groups in total. The lowest BCUT2D eigenvalue weighted by Gasteiger charge is -2.16. The van der Waals surface area contributed by atoms with Crippen LogP contribution in [0.15, 0.2) is 42.5 Å². The molecule has 0 heterocycles. The summed E-state index contributed by atoms with van der Waals surface area (Å²) in [6, 6.07) is 7.33. The van der Waals surface area contributed by atoms with E-state index in [-0.39, 0.29) is 30.2 Å². The molecule has 0 bridgehead atoms. The fraction of sp³-hybridized carbons (Fsp3) is 0.278. The van der Waals surface area contributed by atoms with Gasteiger partial charge in [-0.05, 0) is 31.2 Å². The number of nitrogens with one attached hydrogen (secondary N) is 2. The SMILES string of the molecule is CCOc1ccc(C(F)(F)F)cc1NC(=O)NCC(O)c1ccccc1F. The van der Waals surface area contributed by atoms with Crippen molar-refractivity contribution >= 4 is 11.7 Å². The van der Waals surface area contributed by atoms with Crippen molar-refractivity contribution in [3.8, 4) is 5.75 Å². The lowest BCUT2D eigenvalue weighted by Crippen LogP contribution is -2.32. The number of hydrogen-bond donors (Lipinski definition) is 3. The van der Waals surface area contributed by atoms with Crippen LogP contribution in [0.1, 0.15) is 24.2 Å². The van der Waals surface area contributed by atoms with Crippen LogP contribution in [0.2, 0.25) is 0 Å². The summed E-state index contributed by atoms with van der Waals surface area (Å²) < 4.78 is 57.4. The average molecular weight is 386 g/mol. The van der Waals surface area contributed by atoms with Gasteiger partial charge in [-0.2, -0.15) is 13.2 Å². The van der Waals surface area contributed by atoms with Crippen LogP contribution >= 0.6 is 0 Å². The lowest BCUT2D eigenvalue weighted by atomic mass is 10.1. The molecule has 0 aliphatic heterocycles. The predicted molar refractivity (Wildman–Crippen MR) is 91.0 cm³/mol. The highest BCUT2D eigenvalue weighted by Crippen LogP contribution is 2.35. The number of aliphatic hydroxyl groups is 1. The Morgan fingerprint density at radius 3 is 2.56 bits per heavy atom. The molecule has 27 heavy (non-hydrogen) atoms. The summed E-state index contributed by atoms with van der Waals surface area (Å²) in [5, 5.41) is 14.5. The Morgan fingerprint density at radius 1 is 1.22 bits per heavy atom. The maximum Gasteiger partial charge on any atom is 0.416 e. The molecule has 0 saturated carbocycles.